The standard InChI is InChI=1S/C27H36N2O4/c1-20(2)14-29(16-23-9-10-24-25(13-23)33-19-21(3)18-32-24)27(30)26-17-28(11-12-31-26)15-22-7-5-4-6-8-22/h4-10,13,20-21,26H,11-12,14-19H2,1-3H3. The Labute approximate surface area is 197 Å². The molecule has 2 aromatic carbocycles. The van der Waals surface area contributed by atoms with Crippen molar-refractivity contribution in [2.75, 3.05) is 39.5 Å². The van der Waals surface area contributed by atoms with Crippen LogP contribution >= 0.6 is 0 Å². The molecular weight excluding hydrogens is 416 g/mol. The van der Waals surface area contributed by atoms with Crippen LogP contribution in [0.2, 0.25) is 0 Å². The van der Waals surface area contributed by atoms with E-state index in [1.54, 1.807) is 0 Å². The number of ether oxygens (including phenoxy) is 3. The van der Waals surface area contributed by atoms with Crippen molar-refractivity contribution in [3.05, 3.63) is 59.7 Å². The molecule has 0 aliphatic carbocycles. The first kappa shape index (κ1) is 23.6. The van der Waals surface area contributed by atoms with Gasteiger partial charge in [-0.2, -0.15) is 0 Å². The van der Waals surface area contributed by atoms with Gasteiger partial charge in [-0.1, -0.05) is 57.2 Å². The zero-order valence-electron chi connectivity index (χ0n) is 20.0. The fourth-order valence-corrected chi connectivity index (χ4v) is 4.33. The van der Waals surface area contributed by atoms with Crippen LogP contribution in [-0.2, 0) is 22.6 Å². The Balaban J connectivity index is 1.44. The van der Waals surface area contributed by atoms with Gasteiger partial charge in [0.15, 0.2) is 11.5 Å². The van der Waals surface area contributed by atoms with Gasteiger partial charge in [-0.3, -0.25) is 9.69 Å². The lowest BCUT2D eigenvalue weighted by Gasteiger charge is -2.35. The van der Waals surface area contributed by atoms with Crippen molar-refractivity contribution in [1.82, 2.24) is 9.80 Å². The lowest BCUT2D eigenvalue weighted by molar-refractivity contribution is -0.151. The monoisotopic (exact) mass is 452 g/mol. The highest BCUT2D eigenvalue weighted by molar-refractivity contribution is 5.81. The first-order valence-corrected chi connectivity index (χ1v) is 12.0. The van der Waals surface area contributed by atoms with Gasteiger partial charge in [0.1, 0.15) is 6.10 Å². The van der Waals surface area contributed by atoms with Gasteiger partial charge in [0.2, 0.25) is 0 Å². The van der Waals surface area contributed by atoms with Crippen molar-refractivity contribution in [1.29, 1.82) is 0 Å². The first-order valence-electron chi connectivity index (χ1n) is 12.0. The zero-order valence-corrected chi connectivity index (χ0v) is 20.0. The minimum absolute atomic E-state index is 0.0576. The quantitative estimate of drug-likeness (QED) is 0.636. The topological polar surface area (TPSA) is 51.2 Å². The minimum Gasteiger partial charge on any atom is -0.489 e. The van der Waals surface area contributed by atoms with Gasteiger partial charge in [-0.25, -0.2) is 0 Å². The summed E-state index contributed by atoms with van der Waals surface area (Å²) < 4.78 is 17.8. The number of nitrogens with zero attached hydrogens (tertiary/aromatic N) is 2. The molecule has 2 atom stereocenters. The number of rotatable bonds is 7. The number of hydrogen-bond acceptors (Lipinski definition) is 5. The Hall–Kier alpha value is -2.57. The van der Waals surface area contributed by atoms with Gasteiger partial charge in [-0.05, 0) is 29.2 Å². The van der Waals surface area contributed by atoms with Gasteiger partial charge in [-0.15, -0.1) is 0 Å². The second-order valence-electron chi connectivity index (χ2n) is 9.70. The maximum Gasteiger partial charge on any atom is 0.253 e. The van der Waals surface area contributed by atoms with E-state index in [4.69, 9.17) is 14.2 Å². The highest BCUT2D eigenvalue weighted by atomic mass is 16.5. The molecule has 2 aliphatic heterocycles. The Morgan fingerprint density at radius 1 is 1.06 bits per heavy atom. The number of amides is 1. The maximum atomic E-state index is 13.5. The molecule has 2 unspecified atom stereocenters. The normalized spacial score (nSPS) is 21.0. The van der Waals surface area contributed by atoms with E-state index in [2.05, 4.69) is 49.9 Å². The van der Waals surface area contributed by atoms with Gasteiger partial charge >= 0.3 is 0 Å². The molecular formula is C27H36N2O4. The van der Waals surface area contributed by atoms with Crippen LogP contribution in [0.3, 0.4) is 0 Å². The highest BCUT2D eigenvalue weighted by Crippen LogP contribution is 2.32. The summed E-state index contributed by atoms with van der Waals surface area (Å²) in [4.78, 5) is 17.8. The van der Waals surface area contributed by atoms with Crippen LogP contribution < -0.4 is 9.47 Å². The molecule has 178 valence electrons. The lowest BCUT2D eigenvalue weighted by atomic mass is 10.1. The highest BCUT2D eigenvalue weighted by Gasteiger charge is 2.31. The number of benzene rings is 2. The second kappa shape index (κ2) is 11.0. The van der Waals surface area contributed by atoms with E-state index in [0.29, 0.717) is 51.3 Å². The average Bonchev–Trinajstić information content (AvgIpc) is 3.00. The van der Waals surface area contributed by atoms with Crippen molar-refractivity contribution in [2.24, 2.45) is 11.8 Å². The summed E-state index contributed by atoms with van der Waals surface area (Å²) >= 11 is 0. The average molecular weight is 453 g/mol. The third-order valence-electron chi connectivity index (χ3n) is 6.00. The molecule has 0 bridgehead atoms. The van der Waals surface area contributed by atoms with Crippen molar-refractivity contribution in [3.8, 4) is 11.5 Å². The van der Waals surface area contributed by atoms with E-state index in [9.17, 15) is 4.79 Å². The summed E-state index contributed by atoms with van der Waals surface area (Å²) in [5.41, 5.74) is 2.30. The van der Waals surface area contributed by atoms with Crippen molar-refractivity contribution in [3.63, 3.8) is 0 Å². The summed E-state index contributed by atoms with van der Waals surface area (Å²) in [6.07, 6.45) is -0.442. The second-order valence-corrected chi connectivity index (χ2v) is 9.70. The smallest absolute Gasteiger partial charge is 0.253 e. The third-order valence-corrected chi connectivity index (χ3v) is 6.00. The van der Waals surface area contributed by atoms with Gasteiger partial charge < -0.3 is 19.1 Å². The van der Waals surface area contributed by atoms with E-state index in [0.717, 1.165) is 30.2 Å². The molecule has 0 aromatic heterocycles. The molecule has 2 heterocycles. The molecule has 4 rings (SSSR count). The Bertz CT molecular complexity index is 918. The number of carbonyl (C=O) groups excluding carboxylic acids is 1. The van der Waals surface area contributed by atoms with E-state index in [-0.39, 0.29) is 5.91 Å². The van der Waals surface area contributed by atoms with E-state index < -0.39 is 6.10 Å². The molecule has 1 fully saturated rings. The SMILES string of the molecule is CC(C)CN(Cc1ccc2c(c1)OCC(C)CO2)C(=O)C1CN(Cc2ccccc2)CCO1. The van der Waals surface area contributed by atoms with Crippen LogP contribution in [-0.4, -0.2) is 61.3 Å². The van der Waals surface area contributed by atoms with Gasteiger partial charge in [0.25, 0.3) is 5.91 Å². The van der Waals surface area contributed by atoms with Crippen LogP contribution in [0, 0.1) is 11.8 Å². The molecule has 2 aliphatic rings. The molecule has 0 radical (unpaired) electrons. The Kier molecular flexibility index (Phi) is 7.89. The van der Waals surface area contributed by atoms with Gasteiger partial charge in [0, 0.05) is 38.6 Å². The van der Waals surface area contributed by atoms with Crippen LogP contribution in [0.1, 0.15) is 31.9 Å². The predicted molar refractivity (Wildman–Crippen MR) is 128 cm³/mol. The van der Waals surface area contributed by atoms with Crippen molar-refractivity contribution < 1.29 is 19.0 Å². The largest absolute Gasteiger partial charge is 0.489 e. The molecule has 2 aromatic rings. The molecule has 0 N–H and O–H groups in total. The van der Waals surface area contributed by atoms with E-state index in [1.165, 1.54) is 5.56 Å². The number of hydrogen-bond donors (Lipinski definition) is 0. The predicted octanol–water partition coefficient (Wildman–Crippen LogP) is 3.98. The summed E-state index contributed by atoms with van der Waals surface area (Å²) in [6, 6.07) is 16.4. The van der Waals surface area contributed by atoms with Crippen molar-refractivity contribution in [2.45, 2.75) is 40.0 Å². The fourth-order valence-electron chi connectivity index (χ4n) is 4.33. The van der Waals surface area contributed by atoms with Crippen LogP contribution in [0.15, 0.2) is 48.5 Å². The molecule has 0 spiro atoms. The Morgan fingerprint density at radius 3 is 2.58 bits per heavy atom. The summed E-state index contributed by atoms with van der Waals surface area (Å²) in [6.45, 7) is 11.7. The molecule has 1 saturated heterocycles. The Morgan fingerprint density at radius 2 is 1.82 bits per heavy atom. The van der Waals surface area contributed by atoms with Crippen LogP contribution in [0.5, 0.6) is 11.5 Å². The first-order chi connectivity index (χ1) is 16.0. The van der Waals surface area contributed by atoms with Crippen LogP contribution in [0.25, 0.3) is 0 Å². The fraction of sp³-hybridized carbons (Fsp3) is 0.519. The number of carbonyl (C=O) groups is 1. The van der Waals surface area contributed by atoms with E-state index >= 15 is 0 Å². The number of fused-ring (bicyclic) bond motifs is 1. The molecule has 0 saturated carbocycles. The molecule has 6 nitrogen and oxygen atoms in total. The summed E-state index contributed by atoms with van der Waals surface area (Å²) in [7, 11) is 0. The maximum absolute atomic E-state index is 13.5. The van der Waals surface area contributed by atoms with Crippen LogP contribution in [0.4, 0.5) is 0 Å². The summed E-state index contributed by atoms with van der Waals surface area (Å²) in [5.74, 6) is 2.30. The minimum atomic E-state index is -0.442. The zero-order chi connectivity index (χ0) is 23.2. The van der Waals surface area contributed by atoms with E-state index in [1.807, 2.05) is 29.2 Å². The molecule has 6 heteroatoms. The third kappa shape index (κ3) is 6.49. The van der Waals surface area contributed by atoms with Crippen molar-refractivity contribution >= 4 is 5.91 Å². The number of morpholine rings is 1. The molecule has 1 amide bonds. The summed E-state index contributed by atoms with van der Waals surface area (Å²) in [5, 5.41) is 0. The lowest BCUT2D eigenvalue weighted by Crippen LogP contribution is -2.51. The molecule has 33 heavy (non-hydrogen) atoms. The van der Waals surface area contributed by atoms with Gasteiger partial charge in [0.05, 0.1) is 19.8 Å².